The zero-order chi connectivity index (χ0) is 13.3. The van der Waals surface area contributed by atoms with Gasteiger partial charge in [0.15, 0.2) is 0 Å². The van der Waals surface area contributed by atoms with Crippen molar-refractivity contribution < 1.29 is 9.84 Å². The minimum Gasteiger partial charge on any atom is -0.496 e. The molecule has 0 aromatic heterocycles. The summed E-state index contributed by atoms with van der Waals surface area (Å²) in [6.07, 6.45) is 2.16. The van der Waals surface area contributed by atoms with Crippen LogP contribution in [0.5, 0.6) is 5.75 Å². The molecule has 2 N–H and O–H groups in total. The van der Waals surface area contributed by atoms with Crippen molar-refractivity contribution in [2.45, 2.75) is 45.3 Å². The molecule has 1 heterocycles. The van der Waals surface area contributed by atoms with Crippen LogP contribution in [-0.2, 0) is 5.60 Å². The standard InChI is InChI=1S/C15H23NO2/c1-10-8-12(9-11(2)14(10)18-4)15(3,17)13-6-5-7-16-13/h8-9,13,16-17H,5-7H2,1-4H3/t13-,15+/m0/s1. The van der Waals surface area contributed by atoms with Crippen molar-refractivity contribution in [3.05, 3.63) is 28.8 Å². The molecule has 1 aliphatic rings. The summed E-state index contributed by atoms with van der Waals surface area (Å²) in [5.74, 6) is 0.911. The lowest BCUT2D eigenvalue weighted by molar-refractivity contribution is 0.0217. The normalized spacial score (nSPS) is 22.8. The number of methoxy groups -OCH3 is 1. The van der Waals surface area contributed by atoms with E-state index in [0.29, 0.717) is 0 Å². The first-order valence-electron chi connectivity index (χ1n) is 6.58. The quantitative estimate of drug-likeness (QED) is 0.863. The van der Waals surface area contributed by atoms with Gasteiger partial charge in [-0.1, -0.05) is 0 Å². The van der Waals surface area contributed by atoms with E-state index in [1.54, 1.807) is 7.11 Å². The number of nitrogens with one attached hydrogen (secondary N) is 1. The van der Waals surface area contributed by atoms with Crippen molar-refractivity contribution in [2.75, 3.05) is 13.7 Å². The van der Waals surface area contributed by atoms with Gasteiger partial charge in [0.05, 0.1) is 7.11 Å². The third kappa shape index (κ3) is 2.25. The molecule has 0 aliphatic carbocycles. The van der Waals surface area contributed by atoms with Crippen LogP contribution in [0.1, 0.15) is 36.5 Å². The monoisotopic (exact) mass is 249 g/mol. The Balaban J connectivity index is 2.38. The largest absolute Gasteiger partial charge is 0.496 e. The first-order valence-corrected chi connectivity index (χ1v) is 6.58. The summed E-state index contributed by atoms with van der Waals surface area (Å²) >= 11 is 0. The topological polar surface area (TPSA) is 41.5 Å². The highest BCUT2D eigenvalue weighted by atomic mass is 16.5. The summed E-state index contributed by atoms with van der Waals surface area (Å²) < 4.78 is 5.37. The number of rotatable bonds is 3. The van der Waals surface area contributed by atoms with Gasteiger partial charge in [-0.25, -0.2) is 0 Å². The Morgan fingerprint density at radius 2 is 1.94 bits per heavy atom. The molecule has 0 amide bonds. The fourth-order valence-electron chi connectivity index (χ4n) is 2.93. The minimum atomic E-state index is -0.821. The van der Waals surface area contributed by atoms with E-state index in [-0.39, 0.29) is 6.04 Å². The lowest BCUT2D eigenvalue weighted by atomic mass is 9.85. The average Bonchev–Trinajstić information content (AvgIpc) is 2.82. The van der Waals surface area contributed by atoms with Crippen LogP contribution in [0.2, 0.25) is 0 Å². The fraction of sp³-hybridized carbons (Fsp3) is 0.600. The predicted octanol–water partition coefficient (Wildman–Crippen LogP) is 2.27. The molecule has 2 atom stereocenters. The average molecular weight is 249 g/mol. The fourth-order valence-corrected chi connectivity index (χ4v) is 2.93. The van der Waals surface area contributed by atoms with Gasteiger partial charge < -0.3 is 15.2 Å². The number of aliphatic hydroxyl groups is 1. The summed E-state index contributed by atoms with van der Waals surface area (Å²) in [6, 6.07) is 4.21. The molecule has 1 saturated heterocycles. The first kappa shape index (κ1) is 13.4. The van der Waals surface area contributed by atoms with Gasteiger partial charge in [-0.05, 0) is 69.0 Å². The number of aryl methyl sites for hydroxylation is 2. The first-order chi connectivity index (χ1) is 8.46. The number of benzene rings is 1. The zero-order valence-electron chi connectivity index (χ0n) is 11.7. The van der Waals surface area contributed by atoms with Crippen LogP contribution < -0.4 is 10.1 Å². The van der Waals surface area contributed by atoms with Gasteiger partial charge in [0, 0.05) is 6.04 Å². The lowest BCUT2D eigenvalue weighted by Gasteiger charge is -2.31. The summed E-state index contributed by atoms with van der Waals surface area (Å²) in [5, 5.41) is 14.2. The van der Waals surface area contributed by atoms with E-state index < -0.39 is 5.60 Å². The van der Waals surface area contributed by atoms with E-state index in [9.17, 15) is 5.11 Å². The second-order valence-electron chi connectivity index (χ2n) is 5.44. The second-order valence-corrected chi connectivity index (χ2v) is 5.44. The molecule has 1 aromatic carbocycles. The summed E-state index contributed by atoms with van der Waals surface area (Å²) in [4.78, 5) is 0. The number of hydrogen-bond acceptors (Lipinski definition) is 3. The number of hydrogen-bond donors (Lipinski definition) is 2. The third-order valence-corrected chi connectivity index (χ3v) is 3.99. The van der Waals surface area contributed by atoms with Crippen LogP contribution in [0.15, 0.2) is 12.1 Å². The van der Waals surface area contributed by atoms with Crippen LogP contribution in [0.4, 0.5) is 0 Å². The Morgan fingerprint density at radius 3 is 2.39 bits per heavy atom. The Hall–Kier alpha value is -1.06. The third-order valence-electron chi connectivity index (χ3n) is 3.99. The Bertz CT molecular complexity index is 411. The van der Waals surface area contributed by atoms with Gasteiger partial charge in [0.1, 0.15) is 11.4 Å². The van der Waals surface area contributed by atoms with Crippen molar-refractivity contribution >= 4 is 0 Å². The van der Waals surface area contributed by atoms with E-state index >= 15 is 0 Å². The molecule has 0 unspecified atom stereocenters. The van der Waals surface area contributed by atoms with Crippen LogP contribution in [0, 0.1) is 13.8 Å². The van der Waals surface area contributed by atoms with E-state index in [2.05, 4.69) is 5.32 Å². The maximum absolute atomic E-state index is 10.8. The van der Waals surface area contributed by atoms with Crippen molar-refractivity contribution in [1.82, 2.24) is 5.32 Å². The molecular formula is C15H23NO2. The highest BCUT2D eigenvalue weighted by Gasteiger charge is 2.35. The van der Waals surface area contributed by atoms with Gasteiger partial charge >= 0.3 is 0 Å². The van der Waals surface area contributed by atoms with Crippen LogP contribution in [-0.4, -0.2) is 24.8 Å². The SMILES string of the molecule is COc1c(C)cc([C@@](C)(O)[C@@H]2CCCN2)cc1C. The molecule has 3 heteroatoms. The van der Waals surface area contributed by atoms with Crippen molar-refractivity contribution in [1.29, 1.82) is 0 Å². The summed E-state index contributed by atoms with van der Waals surface area (Å²) in [7, 11) is 1.69. The zero-order valence-corrected chi connectivity index (χ0v) is 11.7. The van der Waals surface area contributed by atoms with Crippen LogP contribution in [0.3, 0.4) is 0 Å². The van der Waals surface area contributed by atoms with Crippen LogP contribution in [0.25, 0.3) is 0 Å². The van der Waals surface area contributed by atoms with Gasteiger partial charge in [0.2, 0.25) is 0 Å². The van der Waals surface area contributed by atoms with Gasteiger partial charge in [0.25, 0.3) is 0 Å². The number of ether oxygens (including phenoxy) is 1. The van der Waals surface area contributed by atoms with E-state index in [1.807, 2.05) is 32.9 Å². The van der Waals surface area contributed by atoms with Crippen molar-refractivity contribution in [2.24, 2.45) is 0 Å². The van der Waals surface area contributed by atoms with E-state index in [4.69, 9.17) is 4.74 Å². The van der Waals surface area contributed by atoms with Crippen molar-refractivity contribution in [3.8, 4) is 5.75 Å². The molecule has 3 nitrogen and oxygen atoms in total. The predicted molar refractivity (Wildman–Crippen MR) is 73.1 cm³/mol. The maximum atomic E-state index is 10.8. The molecule has 1 fully saturated rings. The minimum absolute atomic E-state index is 0.143. The maximum Gasteiger partial charge on any atom is 0.124 e. The van der Waals surface area contributed by atoms with Gasteiger partial charge in [-0.3, -0.25) is 0 Å². The molecule has 0 saturated carbocycles. The lowest BCUT2D eigenvalue weighted by Crippen LogP contribution is -2.43. The molecule has 18 heavy (non-hydrogen) atoms. The van der Waals surface area contributed by atoms with Crippen LogP contribution >= 0.6 is 0 Å². The van der Waals surface area contributed by atoms with Crippen molar-refractivity contribution in [3.63, 3.8) is 0 Å². The Morgan fingerprint density at radius 1 is 1.33 bits per heavy atom. The van der Waals surface area contributed by atoms with E-state index in [1.165, 1.54) is 0 Å². The molecule has 0 spiro atoms. The molecule has 0 radical (unpaired) electrons. The van der Waals surface area contributed by atoms with Gasteiger partial charge in [-0.2, -0.15) is 0 Å². The van der Waals surface area contributed by atoms with E-state index in [0.717, 1.165) is 41.8 Å². The molecule has 0 bridgehead atoms. The molecule has 100 valence electrons. The summed E-state index contributed by atoms with van der Waals surface area (Å²) in [6.45, 7) is 6.94. The van der Waals surface area contributed by atoms with Gasteiger partial charge in [-0.15, -0.1) is 0 Å². The molecule has 1 aliphatic heterocycles. The smallest absolute Gasteiger partial charge is 0.124 e. The molecular weight excluding hydrogens is 226 g/mol. The Labute approximate surface area is 109 Å². The summed E-state index contributed by atoms with van der Waals surface area (Å²) in [5.41, 5.74) is 2.30. The molecule has 2 rings (SSSR count). The highest BCUT2D eigenvalue weighted by molar-refractivity contribution is 5.45. The Kier molecular flexibility index (Phi) is 3.64. The second kappa shape index (κ2) is 4.90. The highest BCUT2D eigenvalue weighted by Crippen LogP contribution is 2.34. The molecule has 1 aromatic rings.